The van der Waals surface area contributed by atoms with E-state index >= 15 is 0 Å². The number of carbonyl (C=O) groups is 2. The van der Waals surface area contributed by atoms with Crippen LogP contribution in [0.25, 0.3) is 0 Å². The summed E-state index contributed by atoms with van der Waals surface area (Å²) in [5.74, 6) is -2.37. The van der Waals surface area contributed by atoms with Gasteiger partial charge in [-0.3, -0.25) is 9.59 Å². The molecule has 0 saturated carbocycles. The summed E-state index contributed by atoms with van der Waals surface area (Å²) in [6.45, 7) is 3.51. The number of benzene rings is 2. The predicted molar refractivity (Wildman–Crippen MR) is 118 cm³/mol. The molecule has 2 amide bonds. The third-order valence-electron chi connectivity index (χ3n) is 5.07. The number of aryl methyl sites for hydroxylation is 2. The van der Waals surface area contributed by atoms with Crippen LogP contribution in [0.3, 0.4) is 0 Å². The quantitative estimate of drug-likeness (QED) is 0.612. The van der Waals surface area contributed by atoms with Crippen molar-refractivity contribution >= 4 is 45.9 Å². The molecule has 2 heterocycles. The number of halogens is 2. The van der Waals surface area contributed by atoms with Gasteiger partial charge in [-0.05, 0) is 60.7 Å². The molecule has 5 nitrogen and oxygen atoms in total. The summed E-state index contributed by atoms with van der Waals surface area (Å²) in [7, 11) is 0. The minimum absolute atomic E-state index is 0.0227. The SMILES string of the molecule is Cc1cc2c(cc1C)N(CC(=O)Nc1cc(F)ccc1F)C(=O)CC(c1cccs1)=N2. The zero-order valence-electron chi connectivity index (χ0n) is 16.9. The molecule has 1 N–H and O–H groups in total. The van der Waals surface area contributed by atoms with Crippen LogP contribution in [0.1, 0.15) is 22.4 Å². The molecule has 0 radical (unpaired) electrons. The van der Waals surface area contributed by atoms with Gasteiger partial charge in [0.1, 0.15) is 18.2 Å². The van der Waals surface area contributed by atoms with Crippen LogP contribution in [0.5, 0.6) is 0 Å². The Hall–Kier alpha value is -3.39. The average molecular weight is 439 g/mol. The van der Waals surface area contributed by atoms with Crippen molar-refractivity contribution in [1.29, 1.82) is 0 Å². The molecule has 0 bridgehead atoms. The number of thiophene rings is 1. The standard InChI is InChI=1S/C23H19F2N3O2S/c1-13-8-18-20(9-14(13)2)28(23(30)11-19(26-18)21-4-3-7-31-21)12-22(29)27-17-10-15(24)5-6-16(17)25/h3-10H,11-12H2,1-2H3,(H,27,29). The minimum atomic E-state index is -0.757. The van der Waals surface area contributed by atoms with Gasteiger partial charge in [0, 0.05) is 10.9 Å². The van der Waals surface area contributed by atoms with Crippen LogP contribution >= 0.6 is 11.3 Å². The lowest BCUT2D eigenvalue weighted by Gasteiger charge is -2.23. The Morgan fingerprint density at radius 1 is 1.16 bits per heavy atom. The van der Waals surface area contributed by atoms with E-state index in [0.29, 0.717) is 17.1 Å². The van der Waals surface area contributed by atoms with Crippen molar-refractivity contribution < 1.29 is 18.4 Å². The Labute approximate surface area is 182 Å². The Kier molecular flexibility index (Phi) is 5.65. The van der Waals surface area contributed by atoms with Gasteiger partial charge in [0.25, 0.3) is 0 Å². The lowest BCUT2D eigenvalue weighted by atomic mass is 10.1. The first-order chi connectivity index (χ1) is 14.8. The Morgan fingerprint density at radius 2 is 1.94 bits per heavy atom. The highest BCUT2D eigenvalue weighted by Gasteiger charge is 2.28. The summed E-state index contributed by atoms with van der Waals surface area (Å²) in [6.07, 6.45) is 0.0227. The van der Waals surface area contributed by atoms with Crippen LogP contribution in [0, 0.1) is 25.5 Å². The predicted octanol–water partition coefficient (Wildman–Crippen LogP) is 5.14. The number of rotatable bonds is 4. The number of carbonyl (C=O) groups excluding carboxylic acids is 2. The van der Waals surface area contributed by atoms with E-state index in [4.69, 9.17) is 4.99 Å². The number of aliphatic imine (C=N–C) groups is 1. The van der Waals surface area contributed by atoms with E-state index in [2.05, 4.69) is 5.32 Å². The molecule has 0 aliphatic carbocycles. The zero-order valence-corrected chi connectivity index (χ0v) is 17.7. The van der Waals surface area contributed by atoms with Gasteiger partial charge in [0.05, 0.1) is 29.2 Å². The molecule has 2 aromatic carbocycles. The van der Waals surface area contributed by atoms with Crippen molar-refractivity contribution in [3.05, 3.63) is 75.5 Å². The smallest absolute Gasteiger partial charge is 0.244 e. The maximum absolute atomic E-state index is 13.9. The Bertz CT molecular complexity index is 1210. The third kappa shape index (κ3) is 4.39. The second-order valence-corrected chi connectivity index (χ2v) is 8.24. The van der Waals surface area contributed by atoms with Crippen LogP contribution in [0.15, 0.2) is 52.8 Å². The average Bonchev–Trinajstić information content (AvgIpc) is 3.22. The first-order valence-corrected chi connectivity index (χ1v) is 10.5. The second kappa shape index (κ2) is 8.39. The number of fused-ring (bicyclic) bond motifs is 1. The molecule has 1 aromatic heterocycles. The van der Waals surface area contributed by atoms with Gasteiger partial charge in [0.2, 0.25) is 11.8 Å². The fourth-order valence-corrected chi connectivity index (χ4v) is 4.05. The van der Waals surface area contributed by atoms with Crippen LogP contribution < -0.4 is 10.2 Å². The lowest BCUT2D eigenvalue weighted by molar-refractivity contribution is -0.120. The number of anilines is 2. The van der Waals surface area contributed by atoms with E-state index in [1.54, 1.807) is 0 Å². The molecular formula is C23H19F2N3O2S. The summed E-state index contributed by atoms with van der Waals surface area (Å²) >= 11 is 1.48. The molecule has 31 heavy (non-hydrogen) atoms. The van der Waals surface area contributed by atoms with Crippen LogP contribution in [0.4, 0.5) is 25.8 Å². The summed E-state index contributed by atoms with van der Waals surface area (Å²) < 4.78 is 27.3. The molecule has 0 fully saturated rings. The van der Waals surface area contributed by atoms with E-state index in [1.807, 2.05) is 43.5 Å². The van der Waals surface area contributed by atoms with Gasteiger partial charge in [-0.15, -0.1) is 11.3 Å². The lowest BCUT2D eigenvalue weighted by Crippen LogP contribution is -2.38. The molecule has 1 aliphatic rings. The van der Waals surface area contributed by atoms with Crippen molar-refractivity contribution in [2.75, 3.05) is 16.8 Å². The van der Waals surface area contributed by atoms with Gasteiger partial charge in [0.15, 0.2) is 0 Å². The minimum Gasteiger partial charge on any atom is -0.322 e. The summed E-state index contributed by atoms with van der Waals surface area (Å²) in [6, 6.07) is 10.3. The molecule has 158 valence electrons. The van der Waals surface area contributed by atoms with Crippen molar-refractivity contribution in [3.8, 4) is 0 Å². The van der Waals surface area contributed by atoms with E-state index in [1.165, 1.54) is 16.2 Å². The molecule has 8 heteroatoms. The molecule has 0 spiro atoms. The fourth-order valence-electron chi connectivity index (χ4n) is 3.33. The molecular weight excluding hydrogens is 420 g/mol. The topological polar surface area (TPSA) is 61.8 Å². The highest BCUT2D eigenvalue weighted by Crippen LogP contribution is 2.36. The Balaban J connectivity index is 1.67. The number of nitrogens with zero attached hydrogens (tertiary/aromatic N) is 2. The van der Waals surface area contributed by atoms with Crippen molar-refractivity contribution in [1.82, 2.24) is 0 Å². The number of hydrogen-bond donors (Lipinski definition) is 1. The highest BCUT2D eigenvalue weighted by molar-refractivity contribution is 7.12. The molecule has 0 saturated heterocycles. The highest BCUT2D eigenvalue weighted by atomic mass is 32.1. The zero-order chi connectivity index (χ0) is 22.1. The van der Waals surface area contributed by atoms with Crippen LogP contribution in [0.2, 0.25) is 0 Å². The monoisotopic (exact) mass is 439 g/mol. The van der Waals surface area contributed by atoms with Crippen molar-refractivity contribution in [2.45, 2.75) is 20.3 Å². The van der Waals surface area contributed by atoms with Gasteiger partial charge < -0.3 is 10.2 Å². The number of amides is 2. The summed E-state index contributed by atoms with van der Waals surface area (Å²) in [5, 5.41) is 4.26. The van der Waals surface area contributed by atoms with Gasteiger partial charge in [-0.25, -0.2) is 13.8 Å². The molecule has 3 aromatic rings. The fraction of sp³-hybridized carbons (Fsp3) is 0.174. The van der Waals surface area contributed by atoms with E-state index in [0.717, 1.165) is 34.2 Å². The maximum Gasteiger partial charge on any atom is 0.244 e. The number of hydrogen-bond acceptors (Lipinski definition) is 4. The summed E-state index contributed by atoms with van der Waals surface area (Å²) in [5.41, 5.74) is 3.40. The summed E-state index contributed by atoms with van der Waals surface area (Å²) in [4.78, 5) is 32.7. The van der Waals surface area contributed by atoms with Crippen molar-refractivity contribution in [2.24, 2.45) is 4.99 Å². The normalized spacial score (nSPS) is 13.5. The van der Waals surface area contributed by atoms with Crippen LogP contribution in [-0.4, -0.2) is 24.1 Å². The maximum atomic E-state index is 13.9. The van der Waals surface area contributed by atoms with Gasteiger partial charge in [-0.2, -0.15) is 0 Å². The van der Waals surface area contributed by atoms with Gasteiger partial charge >= 0.3 is 0 Å². The number of nitrogens with one attached hydrogen (secondary N) is 1. The first-order valence-electron chi connectivity index (χ1n) is 9.60. The second-order valence-electron chi connectivity index (χ2n) is 7.29. The molecule has 0 unspecified atom stereocenters. The van der Waals surface area contributed by atoms with Crippen LogP contribution in [-0.2, 0) is 9.59 Å². The third-order valence-corrected chi connectivity index (χ3v) is 5.99. The van der Waals surface area contributed by atoms with Crippen molar-refractivity contribution in [3.63, 3.8) is 0 Å². The van der Waals surface area contributed by atoms with E-state index < -0.39 is 17.5 Å². The molecule has 4 rings (SSSR count). The Morgan fingerprint density at radius 3 is 2.68 bits per heavy atom. The first kappa shape index (κ1) is 20.9. The molecule has 1 aliphatic heterocycles. The molecule has 0 atom stereocenters. The van der Waals surface area contributed by atoms with E-state index in [-0.39, 0.29) is 24.6 Å². The van der Waals surface area contributed by atoms with E-state index in [9.17, 15) is 18.4 Å². The largest absolute Gasteiger partial charge is 0.322 e. The van der Waals surface area contributed by atoms with Gasteiger partial charge in [-0.1, -0.05) is 6.07 Å².